The Kier molecular flexibility index (Phi) is 8.69. The first-order chi connectivity index (χ1) is 14.9. The van der Waals surface area contributed by atoms with Gasteiger partial charge >= 0.3 is 0 Å². The van der Waals surface area contributed by atoms with Crippen molar-refractivity contribution in [2.45, 2.75) is 57.7 Å². The van der Waals surface area contributed by atoms with E-state index < -0.39 is 6.04 Å². The molecule has 0 aliphatic heterocycles. The Hall–Kier alpha value is -2.16. The summed E-state index contributed by atoms with van der Waals surface area (Å²) in [7, 11) is 0. The molecule has 2 aromatic carbocycles. The average molecular weight is 538 g/mol. The Balaban J connectivity index is 1.69. The van der Waals surface area contributed by atoms with E-state index >= 15 is 0 Å². The van der Waals surface area contributed by atoms with Gasteiger partial charge in [-0.3, -0.25) is 9.59 Å². The summed E-state index contributed by atoms with van der Waals surface area (Å²) in [6.45, 7) is 1.75. The number of nitrogens with zero attached hydrogens (tertiary/aromatic N) is 1. The molecule has 1 aliphatic carbocycles. The minimum Gasteiger partial charge on any atom is -0.484 e. The Labute approximate surface area is 196 Å². The second kappa shape index (κ2) is 11.5. The van der Waals surface area contributed by atoms with Gasteiger partial charge in [0, 0.05) is 16.2 Å². The number of ether oxygens (including phenoxy) is 1. The highest BCUT2D eigenvalue weighted by molar-refractivity contribution is 14.1. The average Bonchev–Trinajstić information content (AvgIpc) is 2.78. The first-order valence-corrected chi connectivity index (χ1v) is 11.7. The summed E-state index contributed by atoms with van der Waals surface area (Å²) in [5.74, 6) is -0.215. The van der Waals surface area contributed by atoms with Crippen LogP contribution in [-0.4, -0.2) is 35.4 Å². The molecule has 1 saturated carbocycles. The largest absolute Gasteiger partial charge is 0.484 e. The number of benzene rings is 2. The predicted octanol–water partition coefficient (Wildman–Crippen LogP) is 4.68. The molecule has 0 bridgehead atoms. The maximum absolute atomic E-state index is 13.3. The van der Waals surface area contributed by atoms with Crippen molar-refractivity contribution in [3.05, 3.63) is 63.5 Å². The predicted molar refractivity (Wildman–Crippen MR) is 126 cm³/mol. The second-order valence-corrected chi connectivity index (χ2v) is 9.16. The minimum atomic E-state index is -0.667. The number of rotatable bonds is 8. The maximum Gasteiger partial charge on any atom is 0.261 e. The van der Waals surface area contributed by atoms with Crippen LogP contribution >= 0.6 is 22.6 Å². The molecule has 0 aromatic heterocycles. The fourth-order valence-electron chi connectivity index (χ4n) is 3.70. The van der Waals surface area contributed by atoms with Crippen LogP contribution in [0.3, 0.4) is 0 Å². The summed E-state index contributed by atoms with van der Waals surface area (Å²) in [4.78, 5) is 27.4. The van der Waals surface area contributed by atoms with E-state index in [2.05, 4.69) is 27.9 Å². The quantitative estimate of drug-likeness (QED) is 0.497. The number of nitrogens with one attached hydrogen (secondary N) is 1. The molecule has 0 spiro atoms. The maximum atomic E-state index is 13.3. The van der Waals surface area contributed by atoms with Crippen LogP contribution in [0.5, 0.6) is 5.75 Å². The van der Waals surface area contributed by atoms with Gasteiger partial charge in [0.25, 0.3) is 5.91 Å². The summed E-state index contributed by atoms with van der Waals surface area (Å²) in [5, 5.41) is 3.09. The molecule has 3 rings (SSSR count). The van der Waals surface area contributed by atoms with E-state index in [9.17, 15) is 14.0 Å². The van der Waals surface area contributed by atoms with Crippen molar-refractivity contribution in [1.82, 2.24) is 10.2 Å². The fourth-order valence-corrected chi connectivity index (χ4v) is 4.06. The van der Waals surface area contributed by atoms with Gasteiger partial charge < -0.3 is 15.0 Å². The Bertz CT molecular complexity index is 867. The number of hydrogen-bond acceptors (Lipinski definition) is 3. The SMILES string of the molecule is CC(C(=O)NC1CCCCC1)N(Cc1ccc(F)cc1)C(=O)COc1ccc(I)cc1. The highest BCUT2D eigenvalue weighted by Gasteiger charge is 2.28. The van der Waals surface area contributed by atoms with Crippen LogP contribution in [-0.2, 0) is 16.1 Å². The molecule has 5 nitrogen and oxygen atoms in total. The van der Waals surface area contributed by atoms with Gasteiger partial charge in [0.15, 0.2) is 6.61 Å². The van der Waals surface area contributed by atoms with Gasteiger partial charge in [0.05, 0.1) is 0 Å². The van der Waals surface area contributed by atoms with Crippen molar-refractivity contribution >= 4 is 34.4 Å². The van der Waals surface area contributed by atoms with E-state index in [1.807, 2.05) is 12.1 Å². The third-order valence-electron chi connectivity index (χ3n) is 5.56. The zero-order valence-electron chi connectivity index (χ0n) is 17.7. The molecule has 1 fully saturated rings. The normalized spacial score (nSPS) is 15.2. The monoisotopic (exact) mass is 538 g/mol. The zero-order chi connectivity index (χ0) is 22.2. The molecule has 0 radical (unpaired) electrons. The number of carbonyl (C=O) groups is 2. The van der Waals surface area contributed by atoms with Gasteiger partial charge in [-0.25, -0.2) is 4.39 Å². The third-order valence-corrected chi connectivity index (χ3v) is 6.28. The lowest BCUT2D eigenvalue weighted by atomic mass is 9.95. The van der Waals surface area contributed by atoms with Gasteiger partial charge in [-0.1, -0.05) is 31.4 Å². The van der Waals surface area contributed by atoms with Crippen molar-refractivity contribution in [3.63, 3.8) is 0 Å². The van der Waals surface area contributed by atoms with E-state index in [1.165, 1.54) is 23.5 Å². The number of carbonyl (C=O) groups excluding carboxylic acids is 2. The lowest BCUT2D eigenvalue weighted by Crippen LogP contribution is -2.51. The zero-order valence-corrected chi connectivity index (χ0v) is 19.8. The topological polar surface area (TPSA) is 58.6 Å². The first-order valence-electron chi connectivity index (χ1n) is 10.6. The van der Waals surface area contributed by atoms with E-state index in [-0.39, 0.29) is 36.8 Å². The molecule has 2 aromatic rings. The standard InChI is InChI=1S/C24H28FIN2O3/c1-17(24(30)27-21-5-3-2-4-6-21)28(15-18-7-9-19(25)10-8-18)23(29)16-31-22-13-11-20(26)12-14-22/h7-14,17,21H,2-6,15-16H2,1H3,(H,27,30). The number of hydrogen-bond donors (Lipinski definition) is 1. The molecule has 0 heterocycles. The molecule has 2 amide bonds. The van der Waals surface area contributed by atoms with Crippen molar-refractivity contribution in [3.8, 4) is 5.75 Å². The lowest BCUT2D eigenvalue weighted by Gasteiger charge is -2.31. The van der Waals surface area contributed by atoms with Crippen molar-refractivity contribution in [2.24, 2.45) is 0 Å². The second-order valence-electron chi connectivity index (χ2n) is 7.91. The van der Waals surface area contributed by atoms with E-state index in [4.69, 9.17) is 4.74 Å². The summed E-state index contributed by atoms with van der Waals surface area (Å²) in [6, 6.07) is 12.9. The highest BCUT2D eigenvalue weighted by atomic mass is 127. The van der Waals surface area contributed by atoms with Crippen molar-refractivity contribution < 1.29 is 18.7 Å². The molecule has 166 valence electrons. The van der Waals surface area contributed by atoms with Crippen LogP contribution in [0.25, 0.3) is 0 Å². The van der Waals surface area contributed by atoms with Gasteiger partial charge in [-0.15, -0.1) is 0 Å². The Morgan fingerprint density at radius 2 is 1.74 bits per heavy atom. The fraction of sp³-hybridized carbons (Fsp3) is 0.417. The molecule has 1 aliphatic rings. The summed E-state index contributed by atoms with van der Waals surface area (Å²) >= 11 is 2.20. The van der Waals surface area contributed by atoms with Crippen LogP contribution in [0.1, 0.15) is 44.6 Å². The molecular weight excluding hydrogens is 510 g/mol. The van der Waals surface area contributed by atoms with Gasteiger partial charge in [-0.2, -0.15) is 0 Å². The minimum absolute atomic E-state index is 0.162. The molecular formula is C24H28FIN2O3. The lowest BCUT2D eigenvalue weighted by molar-refractivity contribution is -0.142. The smallest absolute Gasteiger partial charge is 0.261 e. The van der Waals surface area contributed by atoms with Crippen molar-refractivity contribution in [1.29, 1.82) is 0 Å². The van der Waals surface area contributed by atoms with Crippen LogP contribution in [0.4, 0.5) is 4.39 Å². The van der Waals surface area contributed by atoms with Gasteiger partial charge in [0.1, 0.15) is 17.6 Å². The molecule has 0 saturated heterocycles. The number of amides is 2. The molecule has 7 heteroatoms. The van der Waals surface area contributed by atoms with Gasteiger partial charge in [-0.05, 0) is 84.3 Å². The highest BCUT2D eigenvalue weighted by Crippen LogP contribution is 2.19. The van der Waals surface area contributed by atoms with Gasteiger partial charge in [0.2, 0.25) is 5.91 Å². The van der Waals surface area contributed by atoms with Crippen molar-refractivity contribution in [2.75, 3.05) is 6.61 Å². The van der Waals surface area contributed by atoms with E-state index in [1.54, 1.807) is 31.2 Å². The Morgan fingerprint density at radius 1 is 1.10 bits per heavy atom. The van der Waals surface area contributed by atoms with E-state index in [0.29, 0.717) is 5.75 Å². The molecule has 1 unspecified atom stereocenters. The third kappa shape index (κ3) is 7.19. The summed E-state index contributed by atoms with van der Waals surface area (Å²) in [6.07, 6.45) is 5.37. The summed E-state index contributed by atoms with van der Waals surface area (Å²) in [5.41, 5.74) is 0.751. The molecule has 1 N–H and O–H groups in total. The molecule has 31 heavy (non-hydrogen) atoms. The van der Waals surface area contributed by atoms with E-state index in [0.717, 1.165) is 34.8 Å². The number of halogens is 2. The van der Waals surface area contributed by atoms with Crippen LogP contribution in [0.2, 0.25) is 0 Å². The van der Waals surface area contributed by atoms with Crippen LogP contribution < -0.4 is 10.1 Å². The van der Waals surface area contributed by atoms with Crippen LogP contribution in [0.15, 0.2) is 48.5 Å². The van der Waals surface area contributed by atoms with Crippen LogP contribution in [0, 0.1) is 9.39 Å². The molecule has 1 atom stereocenters. The summed E-state index contributed by atoms with van der Waals surface area (Å²) < 4.78 is 20.0. The Morgan fingerprint density at radius 3 is 2.39 bits per heavy atom. The first kappa shape index (κ1) is 23.5.